The van der Waals surface area contributed by atoms with Crippen LogP contribution in [0.25, 0.3) is 11.0 Å². The lowest BCUT2D eigenvalue weighted by atomic mass is 10.3. The molecule has 0 aliphatic carbocycles. The maximum Gasteiger partial charge on any atom is 0.206 e. The van der Waals surface area contributed by atoms with Crippen molar-refractivity contribution in [3.63, 3.8) is 0 Å². The van der Waals surface area contributed by atoms with Crippen LogP contribution in [0.4, 0.5) is 5.82 Å². The van der Waals surface area contributed by atoms with Crippen molar-refractivity contribution in [3.8, 4) is 0 Å². The summed E-state index contributed by atoms with van der Waals surface area (Å²) in [5, 5.41) is 8.45. The molecule has 6 heteroatoms. The average molecular weight is 199 g/mol. The highest BCUT2D eigenvalue weighted by Gasteiger charge is 2.11. The van der Waals surface area contributed by atoms with Crippen molar-refractivity contribution in [3.05, 3.63) is 17.0 Å². The monoisotopic (exact) mass is 198 g/mol. The van der Waals surface area contributed by atoms with Crippen molar-refractivity contribution in [2.45, 2.75) is 6.92 Å². The number of rotatable bonds is 1. The number of nitrogens with two attached hydrogens (primary N) is 1. The van der Waals surface area contributed by atoms with Crippen molar-refractivity contribution in [1.29, 1.82) is 0 Å². The summed E-state index contributed by atoms with van der Waals surface area (Å²) in [6.45, 7) is 1.82. The van der Waals surface area contributed by atoms with E-state index in [9.17, 15) is 0 Å². The summed E-state index contributed by atoms with van der Waals surface area (Å²) in [5.41, 5.74) is 2.91. The molecule has 68 valence electrons. The lowest BCUT2D eigenvalue weighted by Crippen LogP contribution is -2.09. The molecule has 13 heavy (non-hydrogen) atoms. The molecule has 2 aromatic rings. The number of nitrogen functional groups attached to an aromatic ring is 1. The number of nitrogens with one attached hydrogen (secondary N) is 1. The predicted octanol–water partition coefficient (Wildman–Crippen LogP) is 1.47. The molecule has 0 saturated carbocycles. The van der Waals surface area contributed by atoms with Crippen LogP contribution >= 0.6 is 11.6 Å². The number of halogens is 1. The molecule has 0 radical (unpaired) electrons. The number of hydrazine groups is 1. The SMILES string of the molecule is Cc1cc2c(Cl)nnc(NN)c2o1. The zero-order chi connectivity index (χ0) is 9.42. The Bertz CT molecular complexity index is 453. The molecule has 0 fully saturated rings. The second-order valence-corrected chi connectivity index (χ2v) is 2.94. The number of hydrogen-bond acceptors (Lipinski definition) is 5. The van der Waals surface area contributed by atoms with E-state index in [0.717, 1.165) is 5.76 Å². The summed E-state index contributed by atoms with van der Waals surface area (Å²) in [4.78, 5) is 0. The molecule has 0 aromatic carbocycles. The zero-order valence-corrected chi connectivity index (χ0v) is 7.59. The van der Waals surface area contributed by atoms with E-state index < -0.39 is 0 Å². The first-order valence-corrected chi connectivity index (χ1v) is 3.99. The molecule has 0 saturated heterocycles. The van der Waals surface area contributed by atoms with Gasteiger partial charge in [0.05, 0.1) is 5.39 Å². The molecule has 0 atom stereocenters. The molecular weight excluding hydrogens is 192 g/mol. The Labute approximate surface area is 78.8 Å². The average Bonchev–Trinajstić information content (AvgIpc) is 2.48. The van der Waals surface area contributed by atoms with Crippen molar-refractivity contribution in [2.75, 3.05) is 5.43 Å². The third-order valence-electron chi connectivity index (χ3n) is 1.67. The van der Waals surface area contributed by atoms with E-state index in [1.807, 2.05) is 6.92 Å². The van der Waals surface area contributed by atoms with Crippen LogP contribution in [-0.4, -0.2) is 10.2 Å². The first kappa shape index (κ1) is 8.28. The molecular formula is C7H7ClN4O. The van der Waals surface area contributed by atoms with Crippen LogP contribution in [0.3, 0.4) is 0 Å². The molecule has 2 aromatic heterocycles. The van der Waals surface area contributed by atoms with Crippen molar-refractivity contribution in [1.82, 2.24) is 10.2 Å². The molecule has 0 aliphatic heterocycles. The Hall–Kier alpha value is -1.33. The van der Waals surface area contributed by atoms with Gasteiger partial charge in [-0.1, -0.05) is 11.6 Å². The molecule has 2 heterocycles. The number of fused-ring (bicyclic) bond motifs is 1. The van der Waals surface area contributed by atoms with Crippen molar-refractivity contribution < 1.29 is 4.42 Å². The lowest BCUT2D eigenvalue weighted by molar-refractivity contribution is 0.577. The summed E-state index contributed by atoms with van der Waals surface area (Å²) in [5.74, 6) is 6.34. The van der Waals surface area contributed by atoms with Gasteiger partial charge in [-0.2, -0.15) is 0 Å². The fourth-order valence-electron chi connectivity index (χ4n) is 1.13. The van der Waals surface area contributed by atoms with Gasteiger partial charge in [-0.25, -0.2) is 5.84 Å². The number of aromatic nitrogens is 2. The van der Waals surface area contributed by atoms with E-state index >= 15 is 0 Å². The first-order chi connectivity index (χ1) is 6.22. The summed E-state index contributed by atoms with van der Waals surface area (Å²) in [6.07, 6.45) is 0. The fraction of sp³-hybridized carbons (Fsp3) is 0.143. The number of nitrogens with zero attached hydrogens (tertiary/aromatic N) is 2. The summed E-state index contributed by atoms with van der Waals surface area (Å²) in [6, 6.07) is 1.78. The van der Waals surface area contributed by atoms with Gasteiger partial charge in [0.1, 0.15) is 5.76 Å². The maximum absolute atomic E-state index is 5.80. The minimum atomic E-state index is 0.311. The van der Waals surface area contributed by atoms with Gasteiger partial charge in [0.25, 0.3) is 0 Å². The Morgan fingerprint density at radius 1 is 1.54 bits per heavy atom. The smallest absolute Gasteiger partial charge is 0.206 e. The molecule has 0 amide bonds. The first-order valence-electron chi connectivity index (χ1n) is 3.61. The Kier molecular flexibility index (Phi) is 1.82. The minimum Gasteiger partial charge on any atom is -0.457 e. The van der Waals surface area contributed by atoms with E-state index in [0.29, 0.717) is 21.9 Å². The Morgan fingerprint density at radius 2 is 2.31 bits per heavy atom. The van der Waals surface area contributed by atoms with E-state index in [1.54, 1.807) is 6.07 Å². The fourth-order valence-corrected chi connectivity index (χ4v) is 1.31. The van der Waals surface area contributed by atoms with Gasteiger partial charge in [-0.3, -0.25) is 0 Å². The normalized spacial score (nSPS) is 10.7. The maximum atomic E-state index is 5.80. The van der Waals surface area contributed by atoms with E-state index in [-0.39, 0.29) is 0 Å². The predicted molar refractivity (Wildman–Crippen MR) is 49.4 cm³/mol. The number of anilines is 1. The molecule has 5 nitrogen and oxygen atoms in total. The minimum absolute atomic E-state index is 0.311. The molecule has 0 aliphatic rings. The lowest BCUT2D eigenvalue weighted by Gasteiger charge is -1.97. The van der Waals surface area contributed by atoms with Crippen LogP contribution in [0.1, 0.15) is 5.76 Å². The van der Waals surface area contributed by atoms with E-state index in [2.05, 4.69) is 15.6 Å². The highest BCUT2D eigenvalue weighted by molar-refractivity contribution is 6.34. The van der Waals surface area contributed by atoms with Crippen LogP contribution in [0.2, 0.25) is 5.15 Å². The number of furan rings is 1. The van der Waals surface area contributed by atoms with Gasteiger partial charge in [0.15, 0.2) is 10.7 Å². The van der Waals surface area contributed by atoms with E-state index in [1.165, 1.54) is 0 Å². The molecule has 0 bridgehead atoms. The van der Waals surface area contributed by atoms with Gasteiger partial charge in [-0.05, 0) is 13.0 Å². The third-order valence-corrected chi connectivity index (χ3v) is 1.95. The van der Waals surface area contributed by atoms with Gasteiger partial charge in [0.2, 0.25) is 5.82 Å². The van der Waals surface area contributed by atoms with Gasteiger partial charge in [0, 0.05) is 0 Å². The number of hydrogen-bond donors (Lipinski definition) is 2. The highest BCUT2D eigenvalue weighted by Crippen LogP contribution is 2.28. The van der Waals surface area contributed by atoms with Crippen LogP contribution in [-0.2, 0) is 0 Å². The largest absolute Gasteiger partial charge is 0.457 e. The molecule has 0 spiro atoms. The second kappa shape index (κ2) is 2.86. The van der Waals surface area contributed by atoms with E-state index in [4.69, 9.17) is 21.9 Å². The summed E-state index contributed by atoms with van der Waals surface area (Å²) < 4.78 is 5.34. The topological polar surface area (TPSA) is 77.0 Å². The summed E-state index contributed by atoms with van der Waals surface area (Å²) in [7, 11) is 0. The molecule has 0 unspecified atom stereocenters. The number of aryl methyl sites for hydroxylation is 1. The zero-order valence-electron chi connectivity index (χ0n) is 6.84. The standard InChI is InChI=1S/C7H7ClN4O/c1-3-2-4-5(13-3)7(10-9)12-11-6(4)8/h2H,9H2,1H3,(H,10,12). The van der Waals surface area contributed by atoms with Crippen molar-refractivity contribution >= 4 is 28.4 Å². The molecule has 2 rings (SSSR count). The Morgan fingerprint density at radius 3 is 3.00 bits per heavy atom. The Balaban J connectivity index is 2.83. The third kappa shape index (κ3) is 1.22. The van der Waals surface area contributed by atoms with Gasteiger partial charge >= 0.3 is 0 Å². The quantitative estimate of drug-likeness (QED) is 0.536. The van der Waals surface area contributed by atoms with Crippen LogP contribution < -0.4 is 11.3 Å². The van der Waals surface area contributed by atoms with Crippen LogP contribution in [0.15, 0.2) is 10.5 Å². The van der Waals surface area contributed by atoms with Gasteiger partial charge in [-0.15, -0.1) is 10.2 Å². The van der Waals surface area contributed by atoms with Gasteiger partial charge < -0.3 is 9.84 Å². The van der Waals surface area contributed by atoms with Crippen LogP contribution in [0.5, 0.6) is 0 Å². The highest BCUT2D eigenvalue weighted by atomic mass is 35.5. The van der Waals surface area contributed by atoms with Crippen LogP contribution in [0, 0.1) is 6.92 Å². The second-order valence-electron chi connectivity index (χ2n) is 2.58. The summed E-state index contributed by atoms with van der Waals surface area (Å²) >= 11 is 5.80. The molecule has 3 N–H and O–H groups in total. The van der Waals surface area contributed by atoms with Crippen molar-refractivity contribution in [2.24, 2.45) is 5.84 Å².